The molecule has 0 spiro atoms. The smallest absolute Gasteiger partial charge is 0.209 e. The minimum Gasteiger partial charge on any atom is -0.299 e. The highest BCUT2D eigenvalue weighted by atomic mass is 32.2. The summed E-state index contributed by atoms with van der Waals surface area (Å²) < 4.78 is 35.4. The summed E-state index contributed by atoms with van der Waals surface area (Å²) in [6, 6.07) is 6.37. The van der Waals surface area contributed by atoms with Gasteiger partial charge in [-0.15, -0.1) is 0 Å². The van der Waals surface area contributed by atoms with Gasteiger partial charge in [0.25, 0.3) is 0 Å². The maximum Gasteiger partial charge on any atom is 0.209 e. The van der Waals surface area contributed by atoms with Crippen molar-refractivity contribution in [3.63, 3.8) is 0 Å². The van der Waals surface area contributed by atoms with Gasteiger partial charge in [-0.1, -0.05) is 6.07 Å². The van der Waals surface area contributed by atoms with Crippen LogP contribution in [0.1, 0.15) is 24.0 Å². The van der Waals surface area contributed by atoms with Gasteiger partial charge in [0.1, 0.15) is 11.9 Å². The third kappa shape index (κ3) is 4.77. The lowest BCUT2D eigenvalue weighted by Gasteiger charge is -2.31. The zero-order chi connectivity index (χ0) is 15.5. The van der Waals surface area contributed by atoms with E-state index < -0.39 is 15.8 Å². The second kappa shape index (κ2) is 6.52. The molecule has 7 heteroatoms. The highest BCUT2D eigenvalue weighted by Crippen LogP contribution is 2.20. The average Bonchev–Trinajstić information content (AvgIpc) is 2.41. The molecule has 0 bridgehead atoms. The number of nitrogens with zero attached hydrogens (tertiary/aromatic N) is 2. The van der Waals surface area contributed by atoms with Gasteiger partial charge >= 0.3 is 0 Å². The van der Waals surface area contributed by atoms with Crippen molar-refractivity contribution in [2.45, 2.75) is 19.4 Å². The van der Waals surface area contributed by atoms with E-state index in [1.807, 2.05) is 6.07 Å². The molecule has 1 aromatic carbocycles. The second-order valence-electron chi connectivity index (χ2n) is 5.48. The highest BCUT2D eigenvalue weighted by molar-refractivity contribution is 7.89. The molecule has 114 valence electrons. The number of likely N-dealkylation sites (tertiary alicyclic amines) is 1. The SMILES string of the molecule is N#Cc1cc(CN2CCC(CS(N)(=O)=O)CC2)ccc1F. The molecule has 0 amide bonds. The summed E-state index contributed by atoms with van der Waals surface area (Å²) in [6.45, 7) is 2.19. The molecule has 1 saturated heterocycles. The van der Waals surface area contributed by atoms with Crippen LogP contribution < -0.4 is 5.14 Å². The van der Waals surface area contributed by atoms with Crippen LogP contribution in [-0.4, -0.2) is 32.2 Å². The minimum atomic E-state index is -3.41. The van der Waals surface area contributed by atoms with E-state index in [2.05, 4.69) is 4.90 Å². The highest BCUT2D eigenvalue weighted by Gasteiger charge is 2.22. The van der Waals surface area contributed by atoms with E-state index in [4.69, 9.17) is 10.4 Å². The Hall–Kier alpha value is -1.49. The summed E-state index contributed by atoms with van der Waals surface area (Å²) in [6.07, 6.45) is 1.56. The standard InChI is InChI=1S/C14H18FN3O2S/c15-14-2-1-12(7-13(14)8-16)9-18-5-3-11(4-6-18)10-21(17,19)20/h1-2,7,11H,3-6,9-10H2,(H2,17,19,20). The Bertz CT molecular complexity index is 647. The Balaban J connectivity index is 1.91. The van der Waals surface area contributed by atoms with E-state index in [-0.39, 0.29) is 17.2 Å². The molecule has 0 aromatic heterocycles. The summed E-state index contributed by atoms with van der Waals surface area (Å²) >= 11 is 0. The molecule has 1 heterocycles. The Morgan fingerprint density at radius 3 is 2.62 bits per heavy atom. The predicted octanol–water partition coefficient (Wildman–Crippen LogP) is 1.20. The van der Waals surface area contributed by atoms with Crippen LogP contribution in [0, 0.1) is 23.1 Å². The number of piperidine rings is 1. The predicted molar refractivity (Wildman–Crippen MR) is 77.1 cm³/mol. The molecule has 5 nitrogen and oxygen atoms in total. The van der Waals surface area contributed by atoms with E-state index >= 15 is 0 Å². The van der Waals surface area contributed by atoms with Crippen molar-refractivity contribution in [3.05, 3.63) is 35.1 Å². The van der Waals surface area contributed by atoms with Gasteiger partial charge in [-0.3, -0.25) is 4.90 Å². The van der Waals surface area contributed by atoms with Crippen LogP contribution in [0.3, 0.4) is 0 Å². The summed E-state index contributed by atoms with van der Waals surface area (Å²) in [5.41, 5.74) is 0.939. The van der Waals surface area contributed by atoms with Gasteiger partial charge in [0, 0.05) is 6.54 Å². The molecule has 0 aliphatic carbocycles. The first-order chi connectivity index (χ1) is 9.87. The molecule has 21 heavy (non-hydrogen) atoms. The monoisotopic (exact) mass is 311 g/mol. The van der Waals surface area contributed by atoms with Crippen molar-refractivity contribution >= 4 is 10.0 Å². The lowest BCUT2D eigenvalue weighted by atomic mass is 9.98. The molecule has 0 saturated carbocycles. The van der Waals surface area contributed by atoms with Crippen LogP contribution in [0.15, 0.2) is 18.2 Å². The lowest BCUT2D eigenvalue weighted by Crippen LogP contribution is -2.36. The lowest BCUT2D eigenvalue weighted by molar-refractivity contribution is 0.186. The fourth-order valence-electron chi connectivity index (χ4n) is 2.65. The Morgan fingerprint density at radius 1 is 1.38 bits per heavy atom. The van der Waals surface area contributed by atoms with Gasteiger partial charge in [-0.25, -0.2) is 17.9 Å². The van der Waals surface area contributed by atoms with Crippen LogP contribution in [0.25, 0.3) is 0 Å². The quantitative estimate of drug-likeness (QED) is 0.905. The molecule has 0 radical (unpaired) electrons. The number of hydrogen-bond donors (Lipinski definition) is 1. The maximum absolute atomic E-state index is 13.3. The van der Waals surface area contributed by atoms with Gasteiger partial charge in [0.05, 0.1) is 11.3 Å². The molecule has 1 aliphatic rings. The molecule has 2 N–H and O–H groups in total. The number of benzene rings is 1. The molecular formula is C14H18FN3O2S. The first-order valence-corrected chi connectivity index (χ1v) is 8.50. The molecule has 0 unspecified atom stereocenters. The maximum atomic E-state index is 13.3. The first kappa shape index (κ1) is 15.9. The number of sulfonamides is 1. The van der Waals surface area contributed by atoms with Crippen LogP contribution in [0.2, 0.25) is 0 Å². The fourth-order valence-corrected chi connectivity index (χ4v) is 3.64. The molecule has 2 rings (SSSR count). The van der Waals surface area contributed by atoms with Crippen molar-refractivity contribution in [3.8, 4) is 6.07 Å². The Morgan fingerprint density at radius 2 is 2.05 bits per heavy atom. The summed E-state index contributed by atoms with van der Waals surface area (Å²) in [7, 11) is -3.41. The van der Waals surface area contributed by atoms with E-state index in [1.54, 1.807) is 12.1 Å². The average molecular weight is 311 g/mol. The van der Waals surface area contributed by atoms with Gasteiger partial charge in [0.2, 0.25) is 10.0 Å². The topological polar surface area (TPSA) is 87.2 Å². The largest absolute Gasteiger partial charge is 0.299 e. The number of nitriles is 1. The van der Waals surface area contributed by atoms with E-state index in [1.165, 1.54) is 6.07 Å². The number of hydrogen-bond acceptors (Lipinski definition) is 4. The second-order valence-corrected chi connectivity index (χ2v) is 7.13. The van der Waals surface area contributed by atoms with Crippen LogP contribution in [-0.2, 0) is 16.6 Å². The van der Waals surface area contributed by atoms with Crippen molar-refractivity contribution in [1.82, 2.24) is 4.90 Å². The van der Waals surface area contributed by atoms with Gasteiger partial charge in [-0.05, 0) is 49.5 Å². The molecule has 1 aliphatic heterocycles. The van der Waals surface area contributed by atoms with Crippen LogP contribution in [0.5, 0.6) is 0 Å². The van der Waals surface area contributed by atoms with Gasteiger partial charge in [-0.2, -0.15) is 5.26 Å². The van der Waals surface area contributed by atoms with Crippen LogP contribution >= 0.6 is 0 Å². The van der Waals surface area contributed by atoms with E-state index in [9.17, 15) is 12.8 Å². The number of halogens is 1. The molecule has 1 aromatic rings. The van der Waals surface area contributed by atoms with Gasteiger partial charge < -0.3 is 0 Å². The summed E-state index contributed by atoms with van der Waals surface area (Å²) in [4.78, 5) is 2.17. The molecular weight excluding hydrogens is 293 g/mol. The normalized spacial score (nSPS) is 17.6. The fraction of sp³-hybridized carbons (Fsp3) is 0.500. The molecule has 0 atom stereocenters. The number of rotatable bonds is 4. The number of nitrogens with two attached hydrogens (primary N) is 1. The Kier molecular flexibility index (Phi) is 4.93. The first-order valence-electron chi connectivity index (χ1n) is 6.79. The van der Waals surface area contributed by atoms with Crippen molar-refractivity contribution in [1.29, 1.82) is 5.26 Å². The van der Waals surface area contributed by atoms with Crippen molar-refractivity contribution in [2.75, 3.05) is 18.8 Å². The van der Waals surface area contributed by atoms with Crippen molar-refractivity contribution in [2.24, 2.45) is 11.1 Å². The third-order valence-corrected chi connectivity index (χ3v) is 4.67. The molecule has 1 fully saturated rings. The Labute approximate surface area is 124 Å². The zero-order valence-electron chi connectivity index (χ0n) is 11.6. The van der Waals surface area contributed by atoms with Gasteiger partial charge in [0.15, 0.2) is 0 Å². The van der Waals surface area contributed by atoms with E-state index in [0.29, 0.717) is 6.54 Å². The third-order valence-electron chi connectivity index (χ3n) is 3.73. The van der Waals surface area contributed by atoms with Crippen molar-refractivity contribution < 1.29 is 12.8 Å². The zero-order valence-corrected chi connectivity index (χ0v) is 12.4. The number of primary sulfonamides is 1. The van der Waals surface area contributed by atoms with E-state index in [0.717, 1.165) is 31.5 Å². The van der Waals surface area contributed by atoms with Crippen LogP contribution in [0.4, 0.5) is 4.39 Å². The minimum absolute atomic E-state index is 0.0377. The summed E-state index contributed by atoms with van der Waals surface area (Å²) in [5, 5.41) is 13.9. The summed E-state index contributed by atoms with van der Waals surface area (Å²) in [5.74, 6) is -0.358.